The van der Waals surface area contributed by atoms with Crippen LogP contribution in [0.15, 0.2) is 29.4 Å². The highest BCUT2D eigenvalue weighted by Crippen LogP contribution is 2.36. The lowest BCUT2D eigenvalue weighted by molar-refractivity contribution is -0.126. The Balaban J connectivity index is 2.04. The van der Waals surface area contributed by atoms with Gasteiger partial charge in [-0.1, -0.05) is 31.3 Å². The van der Waals surface area contributed by atoms with Crippen molar-refractivity contribution in [1.29, 1.82) is 0 Å². The van der Waals surface area contributed by atoms with Gasteiger partial charge < -0.3 is 16.3 Å². The fourth-order valence-electron chi connectivity index (χ4n) is 2.62. The van der Waals surface area contributed by atoms with Crippen molar-refractivity contribution in [3.05, 3.63) is 29.8 Å². The number of rotatable bonds is 3. The van der Waals surface area contributed by atoms with Crippen molar-refractivity contribution in [2.45, 2.75) is 39.0 Å². The number of anilines is 1. The summed E-state index contributed by atoms with van der Waals surface area (Å²) in [4.78, 5) is 12.4. The molecule has 0 radical (unpaired) electrons. The lowest BCUT2D eigenvalue weighted by atomic mass is 9.75. The van der Waals surface area contributed by atoms with Crippen LogP contribution in [0.1, 0.15) is 44.6 Å². The number of amidine groups is 1. The van der Waals surface area contributed by atoms with Crippen LogP contribution in [0, 0.1) is 5.41 Å². The molecule has 20 heavy (non-hydrogen) atoms. The van der Waals surface area contributed by atoms with Crippen molar-refractivity contribution in [1.82, 2.24) is 0 Å². The number of benzene rings is 1. The molecule has 1 fully saturated rings. The van der Waals surface area contributed by atoms with E-state index in [0.29, 0.717) is 5.56 Å². The highest BCUT2D eigenvalue weighted by Gasteiger charge is 2.34. The van der Waals surface area contributed by atoms with Crippen LogP contribution in [-0.2, 0) is 4.79 Å². The fourth-order valence-corrected chi connectivity index (χ4v) is 2.62. The van der Waals surface area contributed by atoms with Crippen LogP contribution in [0.5, 0.6) is 0 Å². The van der Waals surface area contributed by atoms with Crippen LogP contribution in [0.2, 0.25) is 0 Å². The van der Waals surface area contributed by atoms with Crippen molar-refractivity contribution in [2.75, 3.05) is 5.32 Å². The number of carbonyl (C=O) groups excluding carboxylic acids is 1. The van der Waals surface area contributed by atoms with E-state index < -0.39 is 0 Å². The smallest absolute Gasteiger partial charge is 0.230 e. The molecule has 0 unspecified atom stereocenters. The summed E-state index contributed by atoms with van der Waals surface area (Å²) in [5.41, 5.74) is 6.59. The van der Waals surface area contributed by atoms with Gasteiger partial charge in [0.2, 0.25) is 5.91 Å². The Labute approximate surface area is 118 Å². The monoisotopic (exact) mass is 275 g/mol. The second-order valence-electron chi connectivity index (χ2n) is 5.64. The molecule has 1 aliphatic rings. The van der Waals surface area contributed by atoms with Crippen molar-refractivity contribution in [3.63, 3.8) is 0 Å². The first-order valence-electron chi connectivity index (χ1n) is 6.94. The molecule has 1 saturated carbocycles. The predicted octanol–water partition coefficient (Wildman–Crippen LogP) is 2.69. The first kappa shape index (κ1) is 14.4. The van der Waals surface area contributed by atoms with Crippen molar-refractivity contribution in [3.8, 4) is 0 Å². The molecule has 0 heterocycles. The number of nitrogens with two attached hydrogens (primary N) is 1. The number of nitrogens with zero attached hydrogens (tertiary/aromatic N) is 1. The van der Waals surface area contributed by atoms with Crippen LogP contribution in [-0.4, -0.2) is 17.0 Å². The molecule has 1 amide bonds. The van der Waals surface area contributed by atoms with Gasteiger partial charge in [-0.05, 0) is 37.1 Å². The van der Waals surface area contributed by atoms with Gasteiger partial charge in [-0.25, -0.2) is 0 Å². The third-order valence-corrected chi connectivity index (χ3v) is 4.05. The molecule has 0 saturated heterocycles. The Morgan fingerprint density at radius 2 is 1.85 bits per heavy atom. The van der Waals surface area contributed by atoms with Gasteiger partial charge in [-0.3, -0.25) is 4.79 Å². The quantitative estimate of drug-likeness (QED) is 0.343. The second-order valence-corrected chi connectivity index (χ2v) is 5.64. The Kier molecular flexibility index (Phi) is 4.27. The normalized spacial score (nSPS) is 18.6. The standard InChI is InChI=1S/C15H21N3O2/c1-15(9-3-2-4-10-15)14(19)17-12-7-5-11(6-8-12)13(16)18-20/h5-8,20H,2-4,9-10H2,1H3,(H2,16,18)(H,17,19). The molecule has 108 valence electrons. The molecular weight excluding hydrogens is 254 g/mol. The van der Waals surface area contributed by atoms with Crippen LogP contribution in [0.4, 0.5) is 5.69 Å². The molecule has 5 nitrogen and oxygen atoms in total. The van der Waals surface area contributed by atoms with Crippen LogP contribution in [0.3, 0.4) is 0 Å². The summed E-state index contributed by atoms with van der Waals surface area (Å²) in [6, 6.07) is 6.96. The van der Waals surface area contributed by atoms with E-state index in [0.717, 1.165) is 31.4 Å². The summed E-state index contributed by atoms with van der Waals surface area (Å²) < 4.78 is 0. The molecule has 0 spiro atoms. The summed E-state index contributed by atoms with van der Waals surface area (Å²) in [7, 11) is 0. The van der Waals surface area contributed by atoms with E-state index in [9.17, 15) is 4.79 Å². The molecule has 2 rings (SSSR count). The van der Waals surface area contributed by atoms with E-state index in [1.54, 1.807) is 24.3 Å². The first-order valence-corrected chi connectivity index (χ1v) is 6.94. The summed E-state index contributed by atoms with van der Waals surface area (Å²) in [5, 5.41) is 14.5. The van der Waals surface area contributed by atoms with E-state index in [1.165, 1.54) is 6.42 Å². The Morgan fingerprint density at radius 1 is 1.25 bits per heavy atom. The van der Waals surface area contributed by atoms with Crippen LogP contribution >= 0.6 is 0 Å². The molecule has 1 aromatic carbocycles. The molecule has 0 aromatic heterocycles. The largest absolute Gasteiger partial charge is 0.409 e. The highest BCUT2D eigenvalue weighted by atomic mass is 16.4. The van der Waals surface area contributed by atoms with Gasteiger partial charge in [0.1, 0.15) is 0 Å². The lowest BCUT2D eigenvalue weighted by Crippen LogP contribution is -2.35. The first-order chi connectivity index (χ1) is 9.55. The van der Waals surface area contributed by atoms with E-state index in [2.05, 4.69) is 10.5 Å². The van der Waals surface area contributed by atoms with E-state index in [4.69, 9.17) is 10.9 Å². The summed E-state index contributed by atoms with van der Waals surface area (Å²) >= 11 is 0. The molecule has 0 atom stereocenters. The zero-order valence-corrected chi connectivity index (χ0v) is 11.7. The molecule has 1 aliphatic carbocycles. The summed E-state index contributed by atoms with van der Waals surface area (Å²) in [6.45, 7) is 2.03. The van der Waals surface area contributed by atoms with E-state index in [-0.39, 0.29) is 17.2 Å². The number of hydrogen-bond acceptors (Lipinski definition) is 3. The Hall–Kier alpha value is -2.04. The average molecular weight is 275 g/mol. The molecule has 1 aromatic rings. The summed E-state index contributed by atoms with van der Waals surface area (Å²) in [6.07, 6.45) is 5.35. The topological polar surface area (TPSA) is 87.7 Å². The van der Waals surface area contributed by atoms with E-state index >= 15 is 0 Å². The number of hydrogen-bond donors (Lipinski definition) is 3. The average Bonchev–Trinajstić information content (AvgIpc) is 2.48. The maximum absolute atomic E-state index is 12.4. The zero-order valence-electron chi connectivity index (χ0n) is 11.7. The van der Waals surface area contributed by atoms with Crippen molar-refractivity contribution < 1.29 is 10.0 Å². The maximum Gasteiger partial charge on any atom is 0.230 e. The minimum absolute atomic E-state index is 0.0575. The fraction of sp³-hybridized carbons (Fsp3) is 0.467. The summed E-state index contributed by atoms with van der Waals surface area (Å²) in [5.74, 6) is 0.135. The van der Waals surface area contributed by atoms with Crippen LogP contribution in [0.25, 0.3) is 0 Å². The third kappa shape index (κ3) is 3.10. The van der Waals surface area contributed by atoms with Gasteiger partial charge in [0.05, 0.1) is 0 Å². The van der Waals surface area contributed by atoms with Gasteiger partial charge in [-0.2, -0.15) is 0 Å². The molecule has 5 heteroatoms. The molecular formula is C15H21N3O2. The SMILES string of the molecule is CC1(C(=O)Nc2ccc(/C(N)=N/O)cc2)CCCCC1. The van der Waals surface area contributed by atoms with Gasteiger partial charge in [0, 0.05) is 16.7 Å². The lowest BCUT2D eigenvalue weighted by Gasteiger charge is -2.32. The number of oxime groups is 1. The minimum Gasteiger partial charge on any atom is -0.409 e. The van der Waals surface area contributed by atoms with Gasteiger partial charge in [-0.15, -0.1) is 0 Å². The second kappa shape index (κ2) is 5.94. The number of amides is 1. The molecule has 0 bridgehead atoms. The molecule has 4 N–H and O–H groups in total. The number of carbonyl (C=O) groups is 1. The highest BCUT2D eigenvalue weighted by molar-refractivity contribution is 5.98. The Morgan fingerprint density at radius 3 is 2.40 bits per heavy atom. The van der Waals surface area contributed by atoms with E-state index in [1.807, 2.05) is 6.92 Å². The predicted molar refractivity (Wildman–Crippen MR) is 78.8 cm³/mol. The minimum atomic E-state index is -0.261. The van der Waals surface area contributed by atoms with Gasteiger partial charge >= 0.3 is 0 Å². The van der Waals surface area contributed by atoms with Gasteiger partial charge in [0.15, 0.2) is 5.84 Å². The zero-order chi connectivity index (χ0) is 14.6. The number of nitrogens with one attached hydrogen (secondary N) is 1. The molecule has 0 aliphatic heterocycles. The maximum atomic E-state index is 12.4. The Bertz CT molecular complexity index is 502. The van der Waals surface area contributed by atoms with Gasteiger partial charge in [0.25, 0.3) is 0 Å². The third-order valence-electron chi connectivity index (χ3n) is 4.05. The van der Waals surface area contributed by atoms with Crippen molar-refractivity contribution >= 4 is 17.4 Å². The van der Waals surface area contributed by atoms with Crippen LogP contribution < -0.4 is 11.1 Å². The van der Waals surface area contributed by atoms with Crippen molar-refractivity contribution in [2.24, 2.45) is 16.3 Å².